The van der Waals surface area contributed by atoms with Crippen LogP contribution in [-0.2, 0) is 0 Å². The number of hydrogen-bond donors (Lipinski definition) is 2. The molecule has 0 spiro atoms. The van der Waals surface area contributed by atoms with Crippen LogP contribution in [0.15, 0.2) is 43.0 Å². The molecule has 0 saturated carbocycles. The van der Waals surface area contributed by atoms with E-state index in [1.807, 2.05) is 0 Å². The summed E-state index contributed by atoms with van der Waals surface area (Å²) in [6.45, 7) is 3.94. The van der Waals surface area contributed by atoms with E-state index in [-0.39, 0.29) is 11.7 Å². The molecule has 3 aromatic rings. The lowest BCUT2D eigenvalue weighted by molar-refractivity contribution is 0.0955. The quantitative estimate of drug-likeness (QED) is 0.610. The van der Waals surface area contributed by atoms with Crippen molar-refractivity contribution in [1.82, 2.24) is 15.5 Å². The number of aromatic amines is 1. The van der Waals surface area contributed by atoms with Crippen molar-refractivity contribution in [2.24, 2.45) is 0 Å². The Morgan fingerprint density at radius 2 is 2.07 bits per heavy atom. The van der Waals surface area contributed by atoms with Gasteiger partial charge in [-0.2, -0.15) is 5.10 Å². The largest absolute Gasteiger partial charge is 0.495 e. The Hall–Kier alpha value is -3.61. The average molecular weight is 381 g/mol. The Morgan fingerprint density at radius 3 is 2.75 bits per heavy atom. The van der Waals surface area contributed by atoms with Crippen LogP contribution in [0.5, 0.6) is 11.5 Å². The molecule has 0 aliphatic rings. The highest BCUT2D eigenvalue weighted by molar-refractivity contribution is 6.05. The van der Waals surface area contributed by atoms with E-state index >= 15 is 0 Å². The topological polar surface area (TPSA) is 76.2 Å². The van der Waals surface area contributed by atoms with Crippen LogP contribution in [0.25, 0.3) is 23.1 Å². The van der Waals surface area contributed by atoms with Crippen molar-refractivity contribution in [3.63, 3.8) is 0 Å². The van der Waals surface area contributed by atoms with Crippen LogP contribution in [0, 0.1) is 5.82 Å². The Balaban J connectivity index is 2.01. The highest BCUT2D eigenvalue weighted by atomic mass is 19.1. The smallest absolute Gasteiger partial charge is 0.255 e. The molecule has 6 nitrogen and oxygen atoms in total. The van der Waals surface area contributed by atoms with Crippen molar-refractivity contribution in [1.29, 1.82) is 0 Å². The molecule has 0 saturated heterocycles. The number of ether oxygens (including phenoxy) is 2. The van der Waals surface area contributed by atoms with E-state index in [2.05, 4.69) is 22.1 Å². The van der Waals surface area contributed by atoms with E-state index in [4.69, 9.17) is 9.47 Å². The third-order valence-electron chi connectivity index (χ3n) is 4.18. The molecule has 28 heavy (non-hydrogen) atoms. The second kappa shape index (κ2) is 8.39. The molecule has 7 heteroatoms. The summed E-state index contributed by atoms with van der Waals surface area (Å²) in [5.41, 5.74) is 2.33. The molecule has 0 fully saturated rings. The Bertz CT molecular complexity index is 1060. The van der Waals surface area contributed by atoms with Crippen molar-refractivity contribution in [2.75, 3.05) is 20.8 Å². The molecule has 0 aliphatic carbocycles. The van der Waals surface area contributed by atoms with E-state index in [0.29, 0.717) is 34.5 Å². The monoisotopic (exact) mass is 381 g/mol. The number of halogens is 1. The zero-order chi connectivity index (χ0) is 20.1. The van der Waals surface area contributed by atoms with Gasteiger partial charge >= 0.3 is 0 Å². The van der Waals surface area contributed by atoms with Gasteiger partial charge in [-0.3, -0.25) is 9.89 Å². The van der Waals surface area contributed by atoms with Gasteiger partial charge in [0.2, 0.25) is 0 Å². The first-order valence-corrected chi connectivity index (χ1v) is 8.54. The van der Waals surface area contributed by atoms with Gasteiger partial charge in [0, 0.05) is 6.54 Å². The second-order valence-corrected chi connectivity index (χ2v) is 5.90. The van der Waals surface area contributed by atoms with Gasteiger partial charge in [-0.15, -0.1) is 6.58 Å². The molecule has 1 amide bonds. The van der Waals surface area contributed by atoms with Gasteiger partial charge in [0.25, 0.3) is 5.91 Å². The molecule has 3 rings (SSSR count). The maximum Gasteiger partial charge on any atom is 0.255 e. The van der Waals surface area contributed by atoms with Crippen LogP contribution < -0.4 is 14.8 Å². The van der Waals surface area contributed by atoms with Gasteiger partial charge in [0.05, 0.1) is 36.4 Å². The second-order valence-electron chi connectivity index (χ2n) is 5.90. The number of rotatable bonds is 7. The number of carbonyl (C=O) groups is 1. The molecule has 144 valence electrons. The molecule has 1 heterocycles. The summed E-state index contributed by atoms with van der Waals surface area (Å²) >= 11 is 0. The fourth-order valence-corrected chi connectivity index (χ4v) is 2.84. The minimum Gasteiger partial charge on any atom is -0.495 e. The van der Waals surface area contributed by atoms with Gasteiger partial charge in [0.1, 0.15) is 5.75 Å². The minimum atomic E-state index is -0.449. The Kier molecular flexibility index (Phi) is 5.74. The predicted molar refractivity (Wildman–Crippen MR) is 107 cm³/mol. The molecule has 0 atom stereocenters. The normalized spacial score (nSPS) is 11.0. The highest BCUT2D eigenvalue weighted by Gasteiger charge is 2.18. The SMILES string of the molecule is C=CCNC(=O)c1ccc2[nH]nc(/C=C/c3ccc(OC)c(F)c3)c2c1OC. The molecule has 1 aromatic heterocycles. The lowest BCUT2D eigenvalue weighted by Crippen LogP contribution is -2.23. The molecular weight excluding hydrogens is 361 g/mol. The van der Waals surface area contributed by atoms with Crippen molar-refractivity contribution in [3.8, 4) is 11.5 Å². The van der Waals surface area contributed by atoms with Crippen molar-refractivity contribution < 1.29 is 18.7 Å². The summed E-state index contributed by atoms with van der Waals surface area (Å²) in [5, 5.41) is 10.6. The fraction of sp³-hybridized carbons (Fsp3) is 0.143. The molecule has 0 aliphatic heterocycles. The third-order valence-corrected chi connectivity index (χ3v) is 4.18. The fourth-order valence-electron chi connectivity index (χ4n) is 2.84. The summed E-state index contributed by atoms with van der Waals surface area (Å²) in [6.07, 6.45) is 5.05. The first-order chi connectivity index (χ1) is 13.6. The van der Waals surface area contributed by atoms with Gasteiger partial charge in [-0.1, -0.05) is 18.2 Å². The first-order valence-electron chi connectivity index (χ1n) is 8.54. The number of methoxy groups -OCH3 is 2. The predicted octanol–water partition coefficient (Wildman–Crippen LogP) is 3.81. The van der Waals surface area contributed by atoms with Crippen LogP contribution in [0.4, 0.5) is 4.39 Å². The maximum absolute atomic E-state index is 13.9. The molecule has 0 radical (unpaired) electrons. The van der Waals surface area contributed by atoms with Gasteiger partial charge in [-0.05, 0) is 35.9 Å². The molecular formula is C21H20FN3O3. The average Bonchev–Trinajstić information content (AvgIpc) is 3.13. The number of H-pyrrole nitrogens is 1. The lowest BCUT2D eigenvalue weighted by atomic mass is 10.1. The summed E-state index contributed by atoms with van der Waals surface area (Å²) in [6, 6.07) is 8.09. The lowest BCUT2D eigenvalue weighted by Gasteiger charge is -2.10. The van der Waals surface area contributed by atoms with Crippen LogP contribution in [-0.4, -0.2) is 36.9 Å². The van der Waals surface area contributed by atoms with Crippen molar-refractivity contribution in [3.05, 3.63) is 65.6 Å². The first kappa shape index (κ1) is 19.2. The number of hydrogen-bond acceptors (Lipinski definition) is 4. The van der Waals surface area contributed by atoms with Crippen molar-refractivity contribution in [2.45, 2.75) is 0 Å². The standard InChI is InChI=1S/C21H20FN3O3/c1-4-11-23-21(26)14-7-9-17-19(20(14)28-3)16(24-25-17)8-5-13-6-10-18(27-2)15(22)12-13/h4-10,12H,1,11H2,2-3H3,(H,23,26)(H,24,25)/b8-5+. The van der Waals surface area contributed by atoms with E-state index < -0.39 is 5.82 Å². The maximum atomic E-state index is 13.9. The number of amides is 1. The Morgan fingerprint density at radius 1 is 1.25 bits per heavy atom. The van der Waals surface area contributed by atoms with Gasteiger partial charge in [-0.25, -0.2) is 4.39 Å². The number of benzene rings is 2. The zero-order valence-corrected chi connectivity index (χ0v) is 15.6. The number of nitrogens with zero attached hydrogens (tertiary/aromatic N) is 1. The molecule has 0 unspecified atom stereocenters. The van der Waals surface area contributed by atoms with E-state index in [9.17, 15) is 9.18 Å². The summed E-state index contributed by atoms with van der Waals surface area (Å²) in [7, 11) is 2.91. The third kappa shape index (κ3) is 3.73. The number of carbonyl (C=O) groups excluding carboxylic acids is 1. The highest BCUT2D eigenvalue weighted by Crippen LogP contribution is 2.32. The van der Waals surface area contributed by atoms with E-state index in [0.717, 1.165) is 5.52 Å². The van der Waals surface area contributed by atoms with Crippen molar-refractivity contribution >= 4 is 29.0 Å². The summed E-state index contributed by atoms with van der Waals surface area (Å²) in [5.74, 6) is -0.130. The van der Waals surface area contributed by atoms with Crippen LogP contribution in [0.2, 0.25) is 0 Å². The van der Waals surface area contributed by atoms with Gasteiger partial charge < -0.3 is 14.8 Å². The van der Waals surface area contributed by atoms with Crippen LogP contribution in [0.3, 0.4) is 0 Å². The number of nitrogens with one attached hydrogen (secondary N) is 2. The van der Waals surface area contributed by atoms with E-state index in [1.165, 1.54) is 20.3 Å². The van der Waals surface area contributed by atoms with Crippen LogP contribution in [0.1, 0.15) is 21.6 Å². The minimum absolute atomic E-state index is 0.180. The Labute approximate surface area is 161 Å². The molecule has 2 N–H and O–H groups in total. The number of aromatic nitrogens is 2. The molecule has 0 bridgehead atoms. The van der Waals surface area contributed by atoms with E-state index in [1.54, 1.807) is 42.5 Å². The zero-order valence-electron chi connectivity index (χ0n) is 15.6. The van der Waals surface area contributed by atoms with Crippen LogP contribution >= 0.6 is 0 Å². The molecule has 2 aromatic carbocycles. The number of fused-ring (bicyclic) bond motifs is 1. The summed E-state index contributed by atoms with van der Waals surface area (Å²) < 4.78 is 24.3. The summed E-state index contributed by atoms with van der Waals surface area (Å²) in [4.78, 5) is 12.4. The van der Waals surface area contributed by atoms with Gasteiger partial charge in [0.15, 0.2) is 11.6 Å².